The molecule has 0 atom stereocenters. The van der Waals surface area contributed by atoms with E-state index in [1.807, 2.05) is 0 Å². The van der Waals surface area contributed by atoms with Gasteiger partial charge in [0.1, 0.15) is 5.82 Å². The van der Waals surface area contributed by atoms with Crippen LogP contribution in [0.15, 0.2) is 27.6 Å². The Balaban J connectivity index is 2.34. The molecule has 0 unspecified atom stereocenters. The molecule has 15 heavy (non-hydrogen) atoms. The first-order valence-electron chi connectivity index (χ1n) is 4.67. The van der Waals surface area contributed by atoms with E-state index < -0.39 is 15.7 Å². The zero-order chi connectivity index (χ0) is 11.1. The van der Waals surface area contributed by atoms with Crippen molar-refractivity contribution in [1.82, 2.24) is 0 Å². The molecule has 0 N–H and O–H groups in total. The summed E-state index contributed by atoms with van der Waals surface area (Å²) in [7, 11) is -3.26. The van der Waals surface area contributed by atoms with Crippen molar-refractivity contribution in [3.8, 4) is 0 Å². The zero-order valence-electron chi connectivity index (χ0n) is 7.91. The average molecular weight is 293 g/mol. The average Bonchev–Trinajstić information content (AvgIpc) is 2.86. The van der Waals surface area contributed by atoms with E-state index in [1.54, 1.807) is 0 Å². The van der Waals surface area contributed by atoms with Gasteiger partial charge in [-0.05, 0) is 52.9 Å². The van der Waals surface area contributed by atoms with Gasteiger partial charge in [-0.1, -0.05) is 0 Å². The van der Waals surface area contributed by atoms with Crippen LogP contribution < -0.4 is 0 Å². The maximum atomic E-state index is 12.8. The maximum absolute atomic E-state index is 12.8. The van der Waals surface area contributed by atoms with Crippen molar-refractivity contribution < 1.29 is 12.8 Å². The second kappa shape index (κ2) is 3.87. The molecule has 82 valence electrons. The summed E-state index contributed by atoms with van der Waals surface area (Å²) < 4.78 is 36.8. The van der Waals surface area contributed by atoms with Gasteiger partial charge < -0.3 is 0 Å². The Kier molecular flexibility index (Phi) is 2.85. The molecule has 0 aliphatic heterocycles. The Hall–Kier alpha value is -0.420. The van der Waals surface area contributed by atoms with E-state index >= 15 is 0 Å². The fraction of sp³-hybridized carbons (Fsp3) is 0.400. The summed E-state index contributed by atoms with van der Waals surface area (Å²) in [5, 5.41) is 0. The zero-order valence-corrected chi connectivity index (χ0v) is 10.3. The van der Waals surface area contributed by atoms with Crippen LogP contribution in [0, 0.1) is 11.7 Å². The molecule has 1 fully saturated rings. The first-order valence-corrected chi connectivity index (χ1v) is 7.11. The highest BCUT2D eigenvalue weighted by Crippen LogP contribution is 2.34. The summed E-state index contributed by atoms with van der Waals surface area (Å²) >= 11 is 3.07. The van der Waals surface area contributed by atoms with Gasteiger partial charge >= 0.3 is 0 Å². The first-order chi connectivity index (χ1) is 6.99. The van der Waals surface area contributed by atoms with Gasteiger partial charge in [0, 0.05) is 4.47 Å². The predicted octanol–water partition coefficient (Wildman–Crippen LogP) is 2.77. The number of halogens is 2. The van der Waals surface area contributed by atoms with E-state index in [2.05, 4.69) is 15.9 Å². The Morgan fingerprint density at radius 1 is 1.40 bits per heavy atom. The molecule has 0 spiro atoms. The molecule has 0 aromatic heterocycles. The number of benzene rings is 1. The largest absolute Gasteiger partial charge is 0.224 e. The normalized spacial score (nSPS) is 16.7. The van der Waals surface area contributed by atoms with Crippen LogP contribution in [0.5, 0.6) is 0 Å². The van der Waals surface area contributed by atoms with Crippen molar-refractivity contribution in [1.29, 1.82) is 0 Å². The van der Waals surface area contributed by atoms with E-state index in [1.165, 1.54) is 18.2 Å². The lowest BCUT2D eigenvalue weighted by atomic mass is 10.3. The minimum Gasteiger partial charge on any atom is -0.224 e. The van der Waals surface area contributed by atoms with Crippen LogP contribution in [-0.2, 0) is 9.84 Å². The Morgan fingerprint density at radius 3 is 2.60 bits per heavy atom. The molecular weight excluding hydrogens is 283 g/mol. The number of rotatable bonds is 3. The molecule has 0 bridgehead atoms. The van der Waals surface area contributed by atoms with E-state index in [0.29, 0.717) is 10.4 Å². The first kappa shape index (κ1) is 11.1. The number of hydrogen-bond acceptors (Lipinski definition) is 2. The summed E-state index contributed by atoms with van der Waals surface area (Å²) in [5.74, 6) is 0.0382. The maximum Gasteiger partial charge on any atom is 0.179 e. The molecule has 0 heterocycles. The molecule has 2 nitrogen and oxygen atoms in total. The molecule has 1 saturated carbocycles. The van der Waals surface area contributed by atoms with Gasteiger partial charge in [-0.25, -0.2) is 12.8 Å². The van der Waals surface area contributed by atoms with Crippen LogP contribution in [0.4, 0.5) is 4.39 Å². The summed E-state index contributed by atoms with van der Waals surface area (Å²) in [6, 6.07) is 3.67. The molecule has 0 amide bonds. The quantitative estimate of drug-likeness (QED) is 0.803. The van der Waals surface area contributed by atoms with Gasteiger partial charge in [0.05, 0.1) is 10.6 Å². The number of sulfone groups is 1. The van der Waals surface area contributed by atoms with Crippen molar-refractivity contribution in [2.75, 3.05) is 5.75 Å². The van der Waals surface area contributed by atoms with Crippen LogP contribution in [0.25, 0.3) is 0 Å². The highest BCUT2D eigenvalue weighted by molar-refractivity contribution is 9.10. The van der Waals surface area contributed by atoms with Gasteiger partial charge in [-0.15, -0.1) is 0 Å². The SMILES string of the molecule is O=S(=O)(CC1CC1)c1ccc(F)cc1Br. The van der Waals surface area contributed by atoms with Crippen molar-refractivity contribution >= 4 is 25.8 Å². The predicted molar refractivity (Wildman–Crippen MR) is 58.9 cm³/mol. The third kappa shape index (κ3) is 2.58. The van der Waals surface area contributed by atoms with E-state index in [-0.39, 0.29) is 10.6 Å². The lowest BCUT2D eigenvalue weighted by Gasteiger charge is -2.05. The molecule has 1 aromatic rings. The Labute approximate surface area is 96.5 Å². The van der Waals surface area contributed by atoms with Gasteiger partial charge in [-0.3, -0.25) is 0 Å². The molecule has 1 aliphatic rings. The molecule has 0 saturated heterocycles. The summed E-state index contributed by atoms with van der Waals surface area (Å²) in [4.78, 5) is 0.191. The second-order valence-electron chi connectivity index (χ2n) is 3.80. The van der Waals surface area contributed by atoms with Crippen molar-refractivity contribution in [2.24, 2.45) is 5.92 Å². The van der Waals surface area contributed by atoms with E-state index in [4.69, 9.17) is 0 Å². The smallest absolute Gasteiger partial charge is 0.179 e. The van der Waals surface area contributed by atoms with Crippen molar-refractivity contribution in [2.45, 2.75) is 17.7 Å². The summed E-state index contributed by atoms with van der Waals surface area (Å²) in [5.41, 5.74) is 0. The number of hydrogen-bond donors (Lipinski definition) is 0. The third-order valence-electron chi connectivity index (χ3n) is 2.38. The van der Waals surface area contributed by atoms with Crippen molar-refractivity contribution in [3.05, 3.63) is 28.5 Å². The highest BCUT2D eigenvalue weighted by atomic mass is 79.9. The van der Waals surface area contributed by atoms with Gasteiger partial charge in [0.15, 0.2) is 9.84 Å². The third-order valence-corrected chi connectivity index (χ3v) is 5.24. The fourth-order valence-electron chi connectivity index (χ4n) is 1.41. The van der Waals surface area contributed by atoms with Crippen LogP contribution in [0.2, 0.25) is 0 Å². The van der Waals surface area contributed by atoms with Gasteiger partial charge in [-0.2, -0.15) is 0 Å². The van der Waals surface area contributed by atoms with E-state index in [9.17, 15) is 12.8 Å². The van der Waals surface area contributed by atoms with Crippen LogP contribution in [0.1, 0.15) is 12.8 Å². The van der Waals surface area contributed by atoms with Crippen LogP contribution in [-0.4, -0.2) is 14.2 Å². The lowest BCUT2D eigenvalue weighted by Crippen LogP contribution is -2.09. The van der Waals surface area contributed by atoms with Crippen LogP contribution >= 0.6 is 15.9 Å². The Bertz CT molecular complexity index is 480. The minimum absolute atomic E-state index is 0.178. The molecule has 2 rings (SSSR count). The summed E-state index contributed by atoms with van der Waals surface area (Å²) in [6.45, 7) is 0. The molecular formula is C10H10BrFO2S. The fourth-order valence-corrected chi connectivity index (χ4v) is 4.27. The molecule has 5 heteroatoms. The Morgan fingerprint density at radius 2 is 2.07 bits per heavy atom. The monoisotopic (exact) mass is 292 g/mol. The lowest BCUT2D eigenvalue weighted by molar-refractivity contribution is 0.590. The molecule has 1 aliphatic carbocycles. The van der Waals surface area contributed by atoms with Crippen LogP contribution in [0.3, 0.4) is 0 Å². The molecule has 1 aromatic carbocycles. The highest BCUT2D eigenvalue weighted by Gasteiger charge is 2.30. The minimum atomic E-state index is -3.26. The standard InChI is InChI=1S/C10H10BrFO2S/c11-9-5-8(12)3-4-10(9)15(13,14)6-7-1-2-7/h3-5,7H,1-2,6H2. The van der Waals surface area contributed by atoms with Gasteiger partial charge in [0.2, 0.25) is 0 Å². The molecule has 0 radical (unpaired) electrons. The van der Waals surface area contributed by atoms with Crippen molar-refractivity contribution in [3.63, 3.8) is 0 Å². The van der Waals surface area contributed by atoms with Gasteiger partial charge in [0.25, 0.3) is 0 Å². The van der Waals surface area contributed by atoms with E-state index in [0.717, 1.165) is 12.8 Å². The second-order valence-corrected chi connectivity index (χ2v) is 6.66. The summed E-state index contributed by atoms with van der Waals surface area (Å²) in [6.07, 6.45) is 1.97. The topological polar surface area (TPSA) is 34.1 Å².